The van der Waals surface area contributed by atoms with Gasteiger partial charge >= 0.3 is 0 Å². The molecule has 0 radical (unpaired) electrons. The number of nitrogens with two attached hydrogens (primary N) is 1. The van der Waals surface area contributed by atoms with E-state index in [2.05, 4.69) is 42.2 Å². The third-order valence-corrected chi connectivity index (χ3v) is 5.07. The largest absolute Gasteiger partial charge is 0.359 e. The molecule has 19 heavy (non-hydrogen) atoms. The number of thiophene rings is 1. The summed E-state index contributed by atoms with van der Waals surface area (Å²) in [6, 6.07) is 13.3. The van der Waals surface area contributed by atoms with Crippen molar-refractivity contribution < 1.29 is 0 Å². The highest BCUT2D eigenvalue weighted by Crippen LogP contribution is 2.40. The number of fused-ring (bicyclic) bond motifs is 1. The molecule has 2 N–H and O–H groups in total. The Labute approximate surface area is 122 Å². The van der Waals surface area contributed by atoms with Crippen molar-refractivity contribution in [2.75, 3.05) is 11.4 Å². The lowest BCUT2D eigenvalue weighted by Crippen LogP contribution is -2.37. The molecule has 2 heterocycles. The van der Waals surface area contributed by atoms with Crippen LogP contribution in [0.15, 0.2) is 36.4 Å². The van der Waals surface area contributed by atoms with Gasteiger partial charge in [-0.1, -0.05) is 29.8 Å². The molecule has 2 unspecified atom stereocenters. The van der Waals surface area contributed by atoms with E-state index in [1.54, 1.807) is 11.3 Å². The molecule has 0 saturated heterocycles. The van der Waals surface area contributed by atoms with E-state index >= 15 is 0 Å². The maximum atomic E-state index is 6.06. The number of halogens is 1. The van der Waals surface area contributed by atoms with E-state index in [4.69, 9.17) is 17.3 Å². The van der Waals surface area contributed by atoms with Crippen molar-refractivity contribution in [1.29, 1.82) is 0 Å². The highest BCUT2D eigenvalue weighted by Gasteiger charge is 2.32. The fourth-order valence-corrected chi connectivity index (χ4v) is 4.11. The van der Waals surface area contributed by atoms with E-state index in [1.165, 1.54) is 16.1 Å². The first-order valence-corrected chi connectivity index (χ1v) is 7.71. The minimum absolute atomic E-state index is 0.219. The van der Waals surface area contributed by atoms with Gasteiger partial charge in [0.2, 0.25) is 0 Å². The number of para-hydroxylation sites is 1. The minimum atomic E-state index is 0.219. The van der Waals surface area contributed by atoms with Gasteiger partial charge < -0.3 is 10.6 Å². The Morgan fingerprint density at radius 1 is 1.37 bits per heavy atom. The normalized spacial score (nSPS) is 19.5. The summed E-state index contributed by atoms with van der Waals surface area (Å²) in [7, 11) is 0. The second-order valence-corrected chi connectivity index (χ2v) is 6.73. The van der Waals surface area contributed by atoms with Gasteiger partial charge in [-0.25, -0.2) is 0 Å². The molecule has 1 aromatic carbocycles. The second-order valence-electron chi connectivity index (χ2n) is 4.98. The predicted octanol–water partition coefficient (Wildman–Crippen LogP) is 3.85. The van der Waals surface area contributed by atoms with Crippen LogP contribution in [0.3, 0.4) is 0 Å². The van der Waals surface area contributed by atoms with Crippen LogP contribution in [-0.2, 0) is 6.42 Å². The summed E-state index contributed by atoms with van der Waals surface area (Å²) >= 11 is 7.69. The fourth-order valence-electron chi connectivity index (χ4n) is 2.94. The van der Waals surface area contributed by atoms with Crippen molar-refractivity contribution in [2.24, 2.45) is 5.73 Å². The zero-order chi connectivity index (χ0) is 13.4. The van der Waals surface area contributed by atoms with Gasteiger partial charge in [-0.05, 0) is 37.1 Å². The van der Waals surface area contributed by atoms with Gasteiger partial charge in [-0.3, -0.25) is 0 Å². The first-order valence-electron chi connectivity index (χ1n) is 6.52. The van der Waals surface area contributed by atoms with Crippen LogP contribution in [0.4, 0.5) is 5.69 Å². The van der Waals surface area contributed by atoms with E-state index in [-0.39, 0.29) is 6.04 Å². The van der Waals surface area contributed by atoms with Crippen molar-refractivity contribution in [1.82, 2.24) is 0 Å². The molecule has 1 aliphatic rings. The third-order valence-electron chi connectivity index (χ3n) is 3.74. The molecule has 0 amide bonds. The maximum Gasteiger partial charge on any atom is 0.0932 e. The highest BCUT2D eigenvalue weighted by atomic mass is 35.5. The number of hydrogen-bond acceptors (Lipinski definition) is 3. The molecule has 1 aliphatic heterocycles. The summed E-state index contributed by atoms with van der Waals surface area (Å²) in [6.45, 7) is 2.87. The Kier molecular flexibility index (Phi) is 3.52. The summed E-state index contributed by atoms with van der Waals surface area (Å²) < 4.78 is 0.827. The molecule has 2 atom stereocenters. The van der Waals surface area contributed by atoms with Crippen molar-refractivity contribution >= 4 is 28.6 Å². The highest BCUT2D eigenvalue weighted by molar-refractivity contribution is 7.16. The Morgan fingerprint density at radius 3 is 2.84 bits per heavy atom. The van der Waals surface area contributed by atoms with Crippen molar-refractivity contribution in [3.63, 3.8) is 0 Å². The van der Waals surface area contributed by atoms with Gasteiger partial charge in [-0.15, -0.1) is 11.3 Å². The van der Waals surface area contributed by atoms with Crippen LogP contribution in [0.5, 0.6) is 0 Å². The van der Waals surface area contributed by atoms with Crippen LogP contribution in [0.1, 0.15) is 23.4 Å². The predicted molar refractivity (Wildman–Crippen MR) is 83.2 cm³/mol. The molecule has 0 saturated carbocycles. The molecule has 1 aromatic heterocycles. The zero-order valence-electron chi connectivity index (χ0n) is 10.8. The first kappa shape index (κ1) is 13.0. The molecular formula is C15H17ClN2S. The van der Waals surface area contributed by atoms with Crippen molar-refractivity contribution in [3.8, 4) is 0 Å². The van der Waals surface area contributed by atoms with Gasteiger partial charge in [0.05, 0.1) is 10.4 Å². The summed E-state index contributed by atoms with van der Waals surface area (Å²) in [4.78, 5) is 3.69. The summed E-state index contributed by atoms with van der Waals surface area (Å²) in [5, 5.41) is 0. The number of nitrogens with zero attached hydrogens (tertiary/aromatic N) is 1. The molecule has 100 valence electrons. The van der Waals surface area contributed by atoms with Crippen LogP contribution in [0, 0.1) is 0 Å². The molecule has 0 fully saturated rings. The van der Waals surface area contributed by atoms with Crippen LogP contribution >= 0.6 is 22.9 Å². The number of hydrogen-bond donors (Lipinski definition) is 1. The van der Waals surface area contributed by atoms with Crippen LogP contribution in [0.2, 0.25) is 4.34 Å². The number of rotatable bonds is 3. The number of anilines is 1. The van der Waals surface area contributed by atoms with Gasteiger partial charge in [0.25, 0.3) is 0 Å². The lowest BCUT2D eigenvalue weighted by atomic mass is 10.1. The standard InChI is InChI=1S/C15H17ClN2S/c1-10-8-11-4-2-3-5-12(11)18(10)13(9-17)14-6-7-15(16)19-14/h2-7,10,13H,8-9,17H2,1H3. The third kappa shape index (κ3) is 2.27. The second kappa shape index (κ2) is 5.16. The Hall–Kier alpha value is -1.03. The summed E-state index contributed by atoms with van der Waals surface area (Å²) in [6.07, 6.45) is 1.09. The van der Waals surface area contributed by atoms with E-state index in [0.717, 1.165) is 10.8 Å². The number of benzene rings is 1. The SMILES string of the molecule is CC1Cc2ccccc2N1C(CN)c1ccc(Cl)s1. The maximum absolute atomic E-state index is 6.06. The smallest absolute Gasteiger partial charge is 0.0932 e. The minimum Gasteiger partial charge on any atom is -0.359 e. The quantitative estimate of drug-likeness (QED) is 0.931. The average molecular weight is 293 g/mol. The molecule has 4 heteroatoms. The molecular weight excluding hydrogens is 276 g/mol. The Morgan fingerprint density at radius 2 is 2.16 bits per heavy atom. The lowest BCUT2D eigenvalue weighted by Gasteiger charge is -2.33. The van der Waals surface area contributed by atoms with Gasteiger partial charge in [0.1, 0.15) is 0 Å². The first-order chi connectivity index (χ1) is 9.20. The topological polar surface area (TPSA) is 29.3 Å². The fraction of sp³-hybridized carbons (Fsp3) is 0.333. The van der Waals surface area contributed by atoms with E-state index in [9.17, 15) is 0 Å². The van der Waals surface area contributed by atoms with Crippen molar-refractivity contribution in [3.05, 3.63) is 51.2 Å². The van der Waals surface area contributed by atoms with Gasteiger partial charge in [0.15, 0.2) is 0 Å². The molecule has 0 bridgehead atoms. The van der Waals surface area contributed by atoms with E-state index in [0.29, 0.717) is 12.6 Å². The van der Waals surface area contributed by atoms with Gasteiger partial charge in [-0.2, -0.15) is 0 Å². The van der Waals surface area contributed by atoms with Crippen LogP contribution in [-0.4, -0.2) is 12.6 Å². The summed E-state index contributed by atoms with van der Waals surface area (Å²) in [5.41, 5.74) is 8.76. The Bertz CT molecular complexity index is 581. The molecule has 0 spiro atoms. The average Bonchev–Trinajstić information content (AvgIpc) is 2.96. The molecule has 2 nitrogen and oxygen atoms in total. The van der Waals surface area contributed by atoms with Crippen molar-refractivity contribution in [2.45, 2.75) is 25.4 Å². The van der Waals surface area contributed by atoms with Crippen LogP contribution in [0.25, 0.3) is 0 Å². The van der Waals surface area contributed by atoms with Gasteiger partial charge in [0, 0.05) is 23.2 Å². The van der Waals surface area contributed by atoms with Crippen LogP contribution < -0.4 is 10.6 Å². The zero-order valence-corrected chi connectivity index (χ0v) is 12.4. The van der Waals surface area contributed by atoms with E-state index < -0.39 is 0 Å². The summed E-state index contributed by atoms with van der Waals surface area (Å²) in [5.74, 6) is 0. The lowest BCUT2D eigenvalue weighted by molar-refractivity contribution is 0.575. The molecule has 3 rings (SSSR count). The monoisotopic (exact) mass is 292 g/mol. The Balaban J connectivity index is 2.00. The van der Waals surface area contributed by atoms with E-state index in [1.807, 2.05) is 6.07 Å². The molecule has 0 aliphatic carbocycles. The molecule has 2 aromatic rings.